The zero-order valence-corrected chi connectivity index (χ0v) is 31.5. The predicted octanol–water partition coefficient (Wildman–Crippen LogP) is 11.6. The number of nitrogens with zero attached hydrogens (tertiary/aromatic N) is 6. The monoisotopic (exact) mass is 684 g/mol. The van der Waals surface area contributed by atoms with Gasteiger partial charge in [-0.05, 0) is 32.3 Å². The molecule has 1 aromatic carbocycles. The predicted molar refractivity (Wildman–Crippen MR) is 220 cm³/mol. The van der Waals surface area contributed by atoms with Gasteiger partial charge in [0.2, 0.25) is 0 Å². The Morgan fingerprint density at radius 3 is 1.28 bits per heavy atom. The van der Waals surface area contributed by atoms with E-state index in [1.807, 2.05) is 129 Å². The van der Waals surface area contributed by atoms with Crippen LogP contribution in [0.4, 0.5) is 0 Å². The first kappa shape index (κ1) is 39.0. The first-order valence-electron chi connectivity index (χ1n) is 17.1. The van der Waals surface area contributed by atoms with Crippen molar-refractivity contribution in [1.29, 1.82) is 0 Å². The van der Waals surface area contributed by atoms with Gasteiger partial charge >= 0.3 is 0 Å². The summed E-state index contributed by atoms with van der Waals surface area (Å²) in [6.45, 7) is 26.0. The molecule has 0 saturated carbocycles. The van der Waals surface area contributed by atoms with Crippen LogP contribution in [0.1, 0.15) is 96.2 Å². The average Bonchev–Trinajstić information content (AvgIpc) is 3.86. The first-order chi connectivity index (χ1) is 24.5. The number of fused-ring (bicyclic) bond motifs is 11. The summed E-state index contributed by atoms with van der Waals surface area (Å²) in [4.78, 5) is 36.7. The van der Waals surface area contributed by atoms with Crippen LogP contribution in [-0.2, 0) is 0 Å². The molecule has 258 valence electrons. The third-order valence-electron chi connectivity index (χ3n) is 7.20. The van der Waals surface area contributed by atoms with Gasteiger partial charge in [-0.15, -0.1) is 0 Å². The van der Waals surface area contributed by atoms with E-state index < -0.39 is 0 Å². The van der Waals surface area contributed by atoms with Gasteiger partial charge in [0.15, 0.2) is 23.3 Å². The van der Waals surface area contributed by atoms with Crippen molar-refractivity contribution in [1.82, 2.24) is 39.9 Å². The van der Waals surface area contributed by atoms with E-state index in [1.165, 1.54) is 0 Å². The van der Waals surface area contributed by atoms with Crippen molar-refractivity contribution in [2.24, 2.45) is 0 Å². The van der Waals surface area contributed by atoms with Crippen molar-refractivity contribution in [3.05, 3.63) is 107 Å². The van der Waals surface area contributed by atoms with E-state index in [0.29, 0.717) is 45.9 Å². The van der Waals surface area contributed by atoms with Gasteiger partial charge in [0.1, 0.15) is 22.6 Å². The van der Waals surface area contributed by atoms with Crippen LogP contribution in [0.5, 0.6) is 0 Å². The molecule has 0 unspecified atom stereocenters. The van der Waals surface area contributed by atoms with Crippen LogP contribution in [0.15, 0.2) is 73.2 Å². The molecule has 50 heavy (non-hydrogen) atoms. The maximum absolute atomic E-state index is 5.05. The van der Waals surface area contributed by atoms with E-state index in [4.69, 9.17) is 29.9 Å². The third kappa shape index (κ3) is 7.74. The molecule has 0 radical (unpaired) electrons. The van der Waals surface area contributed by atoms with E-state index in [2.05, 4.69) is 35.8 Å². The number of aromatic amines is 2. The second-order valence-electron chi connectivity index (χ2n) is 9.86. The van der Waals surface area contributed by atoms with Crippen LogP contribution < -0.4 is 0 Å². The lowest BCUT2D eigenvalue weighted by Crippen LogP contribution is -1.88. The lowest BCUT2D eigenvalue weighted by molar-refractivity contribution is 1.12. The van der Waals surface area contributed by atoms with Crippen molar-refractivity contribution < 1.29 is 0 Å². The second-order valence-corrected chi connectivity index (χ2v) is 10.2. The number of benzene rings is 1. The van der Waals surface area contributed by atoms with Crippen LogP contribution >= 0.6 is 12.6 Å². The quantitative estimate of drug-likeness (QED) is 0.154. The molecule has 2 N–H and O–H groups in total. The van der Waals surface area contributed by atoms with Gasteiger partial charge in [0, 0.05) is 44.5 Å². The topological polar surface area (TPSA) is 109 Å². The maximum atomic E-state index is 5.05. The van der Waals surface area contributed by atoms with Gasteiger partial charge in [0.25, 0.3) is 0 Å². The van der Waals surface area contributed by atoms with Crippen molar-refractivity contribution in [2.45, 2.75) is 62.3 Å². The summed E-state index contributed by atoms with van der Waals surface area (Å²) < 4.78 is 0. The van der Waals surface area contributed by atoms with E-state index >= 15 is 0 Å². The van der Waals surface area contributed by atoms with E-state index in [9.17, 15) is 0 Å². The summed E-state index contributed by atoms with van der Waals surface area (Å²) in [7, 11) is 0. The van der Waals surface area contributed by atoms with Crippen molar-refractivity contribution in [2.75, 3.05) is 0 Å². The van der Waals surface area contributed by atoms with Gasteiger partial charge < -0.3 is 9.97 Å². The molecule has 6 rings (SSSR count). The van der Waals surface area contributed by atoms with Crippen molar-refractivity contribution in [3.8, 4) is 22.8 Å². The fraction of sp³-hybridized carbons (Fsp3) is 0.220. The lowest BCUT2D eigenvalue weighted by Gasteiger charge is -1.97. The van der Waals surface area contributed by atoms with Crippen molar-refractivity contribution >= 4 is 70.7 Å². The molecule has 2 aliphatic heterocycles. The van der Waals surface area contributed by atoms with Crippen LogP contribution in [-0.4, -0.2) is 39.9 Å². The summed E-state index contributed by atoms with van der Waals surface area (Å²) in [5, 5.41) is 1.65. The Balaban J connectivity index is 0.00000107. The van der Waals surface area contributed by atoms with Gasteiger partial charge in [-0.25, -0.2) is 29.9 Å². The van der Waals surface area contributed by atoms with Gasteiger partial charge in [-0.1, -0.05) is 128 Å². The molecule has 0 amide bonds. The van der Waals surface area contributed by atoms with Gasteiger partial charge in [-0.3, -0.25) is 0 Å². The Kier molecular flexibility index (Phi) is 14.8. The fourth-order valence-corrected chi connectivity index (χ4v) is 5.48. The van der Waals surface area contributed by atoms with Gasteiger partial charge in [0.05, 0.1) is 0 Å². The Bertz CT molecular complexity index is 2160. The molecular formula is C41H48N8S. The van der Waals surface area contributed by atoms with Gasteiger partial charge in [-0.2, -0.15) is 12.6 Å². The highest BCUT2D eigenvalue weighted by molar-refractivity contribution is 7.83. The van der Waals surface area contributed by atoms with Crippen molar-refractivity contribution in [3.63, 3.8) is 0 Å². The lowest BCUT2D eigenvalue weighted by atomic mass is 10.1. The molecule has 0 fully saturated rings. The summed E-state index contributed by atoms with van der Waals surface area (Å²) in [5.41, 5.74) is 8.97. The molecular weight excluding hydrogens is 637 g/mol. The molecule has 8 bridgehead atoms. The number of aromatic nitrogens is 8. The molecule has 4 aromatic rings. The standard InChI is InChI=1S/C35H30N8S.3C2H6/c1-6-13-22-20(9-4)28-36-30(22)40-33-25-16-11-12-17-26(25)34(43-33)42-32-24(15-8-3)23(14-7-2)31(41-32)37-29-21(10-5)27(18-19-44)35(38-28)39-29;3*1-2/h6-19,44H,4-5H2,1-3H3,(H2,36,37,38,39,40,41,42,43);3*1-2H3/b13-6-,14-7-,15-8-,19-18-;;;. The Morgan fingerprint density at radius 1 is 0.500 bits per heavy atom. The Morgan fingerprint density at radius 2 is 0.880 bits per heavy atom. The highest BCUT2D eigenvalue weighted by Crippen LogP contribution is 2.35. The number of nitrogens with one attached hydrogen (secondary N) is 2. The number of H-pyrrole nitrogens is 2. The number of rotatable bonds is 6. The largest absolute Gasteiger partial charge is 0.324 e. The number of allylic oxidation sites excluding steroid dienone is 7. The molecule has 2 aliphatic rings. The molecule has 0 atom stereocenters. The minimum atomic E-state index is 0.455. The summed E-state index contributed by atoms with van der Waals surface area (Å²) >= 11 is 4.35. The number of hydrogen-bond acceptors (Lipinski definition) is 7. The highest BCUT2D eigenvalue weighted by Gasteiger charge is 2.23. The number of thiol groups is 1. The summed E-state index contributed by atoms with van der Waals surface area (Å²) in [6, 6.07) is 7.95. The van der Waals surface area contributed by atoms with E-state index in [0.717, 1.165) is 44.5 Å². The zero-order valence-electron chi connectivity index (χ0n) is 30.6. The minimum Gasteiger partial charge on any atom is -0.324 e. The van der Waals surface area contributed by atoms with Crippen LogP contribution in [0.25, 0.3) is 80.8 Å². The first-order valence-corrected chi connectivity index (χ1v) is 17.6. The SMILES string of the molecule is C=CC1=C(/C=C\S)c2nc1nc1[nH]c(nc3nc(nc4[nH]c(n2)c(C=C)c4/C=C\C)-c2ccccc2-3)c(/C=C\C)c1/C=C\C.CC.CC.CC. The van der Waals surface area contributed by atoms with Crippen LogP contribution in [0.2, 0.25) is 0 Å². The van der Waals surface area contributed by atoms with E-state index in [-0.39, 0.29) is 0 Å². The Hall–Kier alpha value is -5.41. The molecule has 0 spiro atoms. The third-order valence-corrected chi connectivity index (χ3v) is 7.35. The zero-order chi connectivity index (χ0) is 36.8. The fourth-order valence-electron chi connectivity index (χ4n) is 5.33. The van der Waals surface area contributed by atoms with Crippen LogP contribution in [0, 0.1) is 0 Å². The normalized spacial score (nSPS) is 12.0. The average molecular weight is 685 g/mol. The summed E-state index contributed by atoms with van der Waals surface area (Å²) in [5.74, 6) is 2.00. The molecule has 3 aromatic heterocycles. The molecule has 9 heteroatoms. The molecule has 0 saturated heterocycles. The Labute approximate surface area is 301 Å². The van der Waals surface area contributed by atoms with E-state index in [1.54, 1.807) is 17.6 Å². The smallest absolute Gasteiger partial charge is 0.164 e. The minimum absolute atomic E-state index is 0.455. The summed E-state index contributed by atoms with van der Waals surface area (Å²) in [6.07, 6.45) is 17.2. The number of hydrogen-bond donors (Lipinski definition) is 3. The molecule has 0 aliphatic carbocycles. The molecule has 5 heterocycles. The molecule has 8 nitrogen and oxygen atoms in total. The maximum Gasteiger partial charge on any atom is 0.164 e. The second kappa shape index (κ2) is 19.0. The highest BCUT2D eigenvalue weighted by atomic mass is 32.1. The van der Waals surface area contributed by atoms with Crippen LogP contribution in [0.3, 0.4) is 0 Å².